The van der Waals surface area contributed by atoms with E-state index in [1.807, 2.05) is 19.1 Å². The molecule has 0 unspecified atom stereocenters. The van der Waals surface area contributed by atoms with E-state index in [0.717, 1.165) is 54.2 Å². The fraction of sp³-hybridized carbons (Fsp3) is 0.0847. The lowest BCUT2D eigenvalue weighted by Gasteiger charge is -2.27. The van der Waals surface area contributed by atoms with Gasteiger partial charge in [0.05, 0.1) is 11.4 Å². The maximum Gasteiger partial charge on any atom is 0.145 e. The van der Waals surface area contributed by atoms with E-state index in [2.05, 4.69) is 205 Å². The van der Waals surface area contributed by atoms with Crippen molar-refractivity contribution in [3.8, 4) is 11.4 Å². The molecule has 6 aromatic rings. The fourth-order valence-corrected chi connectivity index (χ4v) is 9.26. The number of hydrogen-bond acceptors (Lipinski definition) is 1. The van der Waals surface area contributed by atoms with Crippen LogP contribution in [0.4, 0.5) is 0 Å². The Morgan fingerprint density at radius 3 is 1.95 bits per heavy atom. The van der Waals surface area contributed by atoms with Crippen LogP contribution in [0.15, 0.2) is 223 Å². The Morgan fingerprint density at radius 1 is 0.639 bits per heavy atom. The van der Waals surface area contributed by atoms with Crippen LogP contribution in [0, 0.1) is 0 Å². The molecule has 0 aliphatic heterocycles. The summed E-state index contributed by atoms with van der Waals surface area (Å²) in [5.74, 6) is 0.901. The number of imidazole rings is 1. The molecule has 2 heteroatoms. The van der Waals surface area contributed by atoms with Crippen molar-refractivity contribution in [1.29, 1.82) is 0 Å². The Kier molecular flexibility index (Phi) is 10.3. The minimum Gasteiger partial charge on any atom is -0.293 e. The molecule has 5 aromatic carbocycles. The summed E-state index contributed by atoms with van der Waals surface area (Å²) in [5, 5.41) is 4.99. The zero-order valence-corrected chi connectivity index (χ0v) is 34.5. The molecule has 4 bridgehead atoms. The summed E-state index contributed by atoms with van der Waals surface area (Å²) in [6.07, 6.45) is 36.0. The van der Waals surface area contributed by atoms with Gasteiger partial charge < -0.3 is 0 Å². The van der Waals surface area contributed by atoms with E-state index < -0.39 is 0 Å². The molecule has 0 saturated heterocycles. The van der Waals surface area contributed by atoms with Crippen molar-refractivity contribution >= 4 is 56.1 Å². The zero-order chi connectivity index (χ0) is 41.1. The third-order valence-corrected chi connectivity index (χ3v) is 12.1. The van der Waals surface area contributed by atoms with Gasteiger partial charge in [-0.15, -0.1) is 5.73 Å². The van der Waals surface area contributed by atoms with Gasteiger partial charge in [0.15, 0.2) is 0 Å². The summed E-state index contributed by atoms with van der Waals surface area (Å²) >= 11 is 0. The third kappa shape index (κ3) is 7.40. The molecule has 1 heterocycles. The maximum atomic E-state index is 5.18. The van der Waals surface area contributed by atoms with Crippen LogP contribution in [-0.2, 0) is 0 Å². The predicted molar refractivity (Wildman–Crippen MR) is 261 cm³/mol. The van der Waals surface area contributed by atoms with Gasteiger partial charge in [-0.3, -0.25) is 4.57 Å². The predicted octanol–water partition coefficient (Wildman–Crippen LogP) is 15.5. The molecule has 1 aromatic heterocycles. The smallest absolute Gasteiger partial charge is 0.145 e. The fourth-order valence-electron chi connectivity index (χ4n) is 9.26. The molecule has 0 atom stereocenters. The molecule has 292 valence electrons. The Balaban J connectivity index is 1.15. The number of aromatic nitrogens is 2. The van der Waals surface area contributed by atoms with Crippen molar-refractivity contribution < 1.29 is 0 Å². The topological polar surface area (TPSA) is 17.8 Å². The van der Waals surface area contributed by atoms with Gasteiger partial charge >= 0.3 is 0 Å². The second-order valence-electron chi connectivity index (χ2n) is 15.9. The van der Waals surface area contributed by atoms with E-state index in [1.54, 1.807) is 0 Å². The second kappa shape index (κ2) is 16.6. The van der Waals surface area contributed by atoms with Crippen molar-refractivity contribution in [2.75, 3.05) is 0 Å². The average Bonchev–Trinajstić information content (AvgIpc) is 3.41. The van der Waals surface area contributed by atoms with E-state index in [0.29, 0.717) is 0 Å². The summed E-state index contributed by atoms with van der Waals surface area (Å²) < 4.78 is 2.24. The van der Waals surface area contributed by atoms with E-state index in [9.17, 15) is 0 Å². The van der Waals surface area contributed by atoms with Crippen molar-refractivity contribution in [2.24, 2.45) is 0 Å². The molecule has 61 heavy (non-hydrogen) atoms. The van der Waals surface area contributed by atoms with Crippen LogP contribution >= 0.6 is 0 Å². The second-order valence-corrected chi connectivity index (χ2v) is 15.9. The van der Waals surface area contributed by atoms with Gasteiger partial charge in [0.25, 0.3) is 0 Å². The number of fused-ring (bicyclic) bond motifs is 6. The maximum absolute atomic E-state index is 5.18. The molecule has 4 aliphatic rings. The average molecular weight is 783 g/mol. The van der Waals surface area contributed by atoms with Crippen molar-refractivity contribution in [1.82, 2.24) is 9.55 Å². The first kappa shape index (κ1) is 37.7. The van der Waals surface area contributed by atoms with Gasteiger partial charge in [-0.05, 0) is 152 Å². The summed E-state index contributed by atoms with van der Waals surface area (Å²) in [5.41, 5.74) is 20.3. The van der Waals surface area contributed by atoms with Gasteiger partial charge in [-0.25, -0.2) is 4.98 Å². The molecule has 2 nitrogen and oxygen atoms in total. The van der Waals surface area contributed by atoms with Gasteiger partial charge in [-0.2, -0.15) is 0 Å². The van der Waals surface area contributed by atoms with Gasteiger partial charge in [0.2, 0.25) is 0 Å². The number of benzene rings is 5. The van der Waals surface area contributed by atoms with Crippen LogP contribution in [-0.4, -0.2) is 9.55 Å². The van der Waals surface area contributed by atoms with Gasteiger partial charge in [0, 0.05) is 11.3 Å². The number of hydrogen-bond donors (Lipinski definition) is 0. The molecular weight excluding hydrogens is 737 g/mol. The van der Waals surface area contributed by atoms with Gasteiger partial charge in [0.1, 0.15) is 5.82 Å². The molecule has 0 spiro atoms. The molecular formula is C59H46N2. The molecule has 10 rings (SSSR count). The molecule has 0 amide bonds. The van der Waals surface area contributed by atoms with Crippen molar-refractivity contribution in [2.45, 2.75) is 32.6 Å². The van der Waals surface area contributed by atoms with Crippen LogP contribution in [0.5, 0.6) is 0 Å². The molecule has 0 radical (unpaired) electrons. The van der Waals surface area contributed by atoms with Crippen LogP contribution in [0.3, 0.4) is 0 Å². The molecule has 4 aliphatic carbocycles. The number of rotatable bonds is 7. The highest BCUT2D eigenvalue weighted by Gasteiger charge is 2.25. The number of allylic oxidation sites excluding steroid dienone is 20. The van der Waals surface area contributed by atoms with Crippen molar-refractivity contribution in [3.05, 3.63) is 251 Å². The lowest BCUT2D eigenvalue weighted by atomic mass is 9.76. The largest absolute Gasteiger partial charge is 0.293 e. The SMILES string of the molecule is C=Cc1c(/C=C\C)nc(-c2ccc(/C3=C/C4=C(c5ccc6ccccc6c5)/C5=C/C=C=C/C=C(C5)/C(c5ccc6ccccc6c5)=C(/C=C\C3)C4)cc2)n1C1=CCC=CC=C1. The highest BCUT2D eigenvalue weighted by Crippen LogP contribution is 2.46. The Labute approximate surface area is 359 Å². The lowest BCUT2D eigenvalue weighted by Crippen LogP contribution is -2.07. The Hall–Kier alpha value is -7.51. The molecule has 0 saturated carbocycles. The summed E-state index contributed by atoms with van der Waals surface area (Å²) in [4.78, 5) is 5.18. The first-order valence-electron chi connectivity index (χ1n) is 21.3. The lowest BCUT2D eigenvalue weighted by molar-refractivity contribution is 1.09. The number of nitrogens with zero attached hydrogens (tertiary/aromatic N) is 2. The minimum atomic E-state index is 0.789. The van der Waals surface area contributed by atoms with E-state index in [-0.39, 0.29) is 0 Å². The van der Waals surface area contributed by atoms with Crippen LogP contribution < -0.4 is 0 Å². The molecule has 0 fully saturated rings. The van der Waals surface area contributed by atoms with Crippen LogP contribution in [0.1, 0.15) is 60.7 Å². The first-order valence-corrected chi connectivity index (χ1v) is 21.3. The Bertz CT molecular complexity index is 3160. The van der Waals surface area contributed by atoms with E-state index in [4.69, 9.17) is 4.98 Å². The quantitative estimate of drug-likeness (QED) is 0.148. The van der Waals surface area contributed by atoms with Crippen molar-refractivity contribution in [3.63, 3.8) is 0 Å². The highest BCUT2D eigenvalue weighted by molar-refractivity contribution is 5.97. The van der Waals surface area contributed by atoms with E-state index in [1.165, 1.54) is 77.2 Å². The van der Waals surface area contributed by atoms with Gasteiger partial charge in [-0.1, -0.05) is 164 Å². The van der Waals surface area contributed by atoms with Crippen LogP contribution in [0.25, 0.3) is 67.5 Å². The highest BCUT2D eigenvalue weighted by atomic mass is 15.1. The third-order valence-electron chi connectivity index (χ3n) is 12.1. The summed E-state index contributed by atoms with van der Waals surface area (Å²) in [6, 6.07) is 40.3. The van der Waals surface area contributed by atoms with Crippen LogP contribution in [0.2, 0.25) is 0 Å². The first-order chi connectivity index (χ1) is 30.1. The summed E-state index contributed by atoms with van der Waals surface area (Å²) in [7, 11) is 0. The standard InChI is InChI=1S/C59H46N2/c1-3-17-55-56(4-2)61(54-26-10-5-6-11-27-54)59(60-55)44-32-28-43(29-33-44)47-24-16-25-50-40-53(38-47)58(52-35-31-42-19-13-15-21-46(42)37-52)49-23-9-7-8-22-48(39-49)57(50)51-34-30-41-18-12-14-20-45(41)36-51/h3-6,8-10,12-23,25-38H,2,11,24,39-40H2,1H3/b17-3-,25-16-,47-38+,48-22+,49-23+,57-50+,58-53+. The normalized spacial score (nSPS) is 21.8. The van der Waals surface area contributed by atoms with E-state index >= 15 is 0 Å². The Morgan fingerprint density at radius 2 is 1.28 bits per heavy atom. The zero-order valence-electron chi connectivity index (χ0n) is 34.5. The summed E-state index contributed by atoms with van der Waals surface area (Å²) in [6.45, 7) is 6.23. The molecule has 0 N–H and O–H groups in total. The minimum absolute atomic E-state index is 0.789. The monoisotopic (exact) mass is 782 g/mol.